The highest BCUT2D eigenvalue weighted by Crippen LogP contribution is 2.28. The van der Waals surface area contributed by atoms with Crippen LogP contribution >= 0.6 is 0 Å². The van der Waals surface area contributed by atoms with Crippen LogP contribution in [0.25, 0.3) is 11.5 Å². The highest BCUT2D eigenvalue weighted by molar-refractivity contribution is 7.91. The van der Waals surface area contributed by atoms with E-state index in [0.29, 0.717) is 5.56 Å². The minimum Gasteiger partial charge on any atom is -0.438 e. The fraction of sp³-hybridized carbons (Fsp3) is 0.0625. The number of hydrogen-bond acceptors (Lipinski definition) is 5. The Morgan fingerprint density at radius 2 is 1.55 bits per heavy atom. The normalized spacial score (nSPS) is 11.5. The summed E-state index contributed by atoms with van der Waals surface area (Å²) < 4.78 is 30.9. The van der Waals surface area contributed by atoms with Crippen LogP contribution in [0.2, 0.25) is 0 Å². The summed E-state index contributed by atoms with van der Waals surface area (Å²) in [4.78, 5) is 4.33. The van der Waals surface area contributed by atoms with Crippen LogP contribution in [-0.2, 0) is 16.4 Å². The molecule has 3 aromatic rings. The lowest BCUT2D eigenvalue weighted by Crippen LogP contribution is -2.07. The van der Waals surface area contributed by atoms with Gasteiger partial charge in [-0.1, -0.05) is 36.4 Å². The average molecular weight is 314 g/mol. The lowest BCUT2D eigenvalue weighted by molar-refractivity contribution is 0.510. The van der Waals surface area contributed by atoms with E-state index in [1.54, 1.807) is 30.3 Å². The maximum Gasteiger partial charge on any atom is 0.227 e. The van der Waals surface area contributed by atoms with Crippen molar-refractivity contribution < 1.29 is 12.8 Å². The molecule has 0 aliphatic rings. The Bertz CT molecular complexity index is 872. The van der Waals surface area contributed by atoms with Gasteiger partial charge in [0.1, 0.15) is 0 Å². The van der Waals surface area contributed by atoms with Crippen molar-refractivity contribution in [3.05, 3.63) is 66.4 Å². The Morgan fingerprint density at radius 1 is 0.955 bits per heavy atom. The smallest absolute Gasteiger partial charge is 0.227 e. The van der Waals surface area contributed by atoms with Gasteiger partial charge < -0.3 is 10.2 Å². The summed E-state index contributed by atoms with van der Waals surface area (Å²) >= 11 is 0. The van der Waals surface area contributed by atoms with Crippen LogP contribution in [-0.4, -0.2) is 13.4 Å². The monoisotopic (exact) mass is 314 g/mol. The number of nitrogens with two attached hydrogens (primary N) is 1. The van der Waals surface area contributed by atoms with Crippen LogP contribution in [0.15, 0.2) is 75.0 Å². The van der Waals surface area contributed by atoms with Gasteiger partial charge in [0, 0.05) is 5.56 Å². The molecule has 1 aromatic heterocycles. The van der Waals surface area contributed by atoms with Gasteiger partial charge in [0.25, 0.3) is 0 Å². The highest BCUT2D eigenvalue weighted by atomic mass is 32.2. The van der Waals surface area contributed by atoms with E-state index in [1.807, 2.05) is 18.2 Å². The number of nitrogens with zero attached hydrogens (tertiary/aromatic N) is 1. The molecule has 112 valence electrons. The first-order valence-corrected chi connectivity index (χ1v) is 8.16. The van der Waals surface area contributed by atoms with Crippen molar-refractivity contribution in [2.45, 2.75) is 16.5 Å². The number of benzene rings is 2. The highest BCUT2D eigenvalue weighted by Gasteiger charge is 2.27. The molecule has 2 N–H and O–H groups in total. The molecule has 0 amide bonds. The zero-order chi connectivity index (χ0) is 15.6. The molecular formula is C16H14N2O3S. The fourth-order valence-corrected chi connectivity index (χ4v) is 3.46. The topological polar surface area (TPSA) is 86.2 Å². The van der Waals surface area contributed by atoms with Crippen molar-refractivity contribution in [3.8, 4) is 11.5 Å². The second kappa shape index (κ2) is 5.75. The summed E-state index contributed by atoms with van der Waals surface area (Å²) in [5, 5.41) is -0.125. The van der Waals surface area contributed by atoms with Crippen molar-refractivity contribution in [3.63, 3.8) is 0 Å². The van der Waals surface area contributed by atoms with Crippen LogP contribution in [0.1, 0.15) is 5.76 Å². The van der Waals surface area contributed by atoms with E-state index in [2.05, 4.69) is 4.98 Å². The van der Waals surface area contributed by atoms with Crippen molar-refractivity contribution in [1.82, 2.24) is 4.98 Å². The third kappa shape index (κ3) is 2.54. The van der Waals surface area contributed by atoms with E-state index >= 15 is 0 Å². The fourth-order valence-electron chi connectivity index (χ4n) is 2.09. The summed E-state index contributed by atoms with van der Waals surface area (Å²) in [6.45, 7) is -0.0404. The molecule has 0 unspecified atom stereocenters. The maximum absolute atomic E-state index is 12.7. The Hall–Kier alpha value is -2.44. The van der Waals surface area contributed by atoms with Crippen molar-refractivity contribution in [1.29, 1.82) is 0 Å². The molecule has 0 fully saturated rings. The predicted molar refractivity (Wildman–Crippen MR) is 81.7 cm³/mol. The molecule has 0 atom stereocenters. The molecule has 5 nitrogen and oxygen atoms in total. The maximum atomic E-state index is 12.7. The van der Waals surface area contributed by atoms with Gasteiger partial charge in [-0.05, 0) is 24.3 Å². The minimum atomic E-state index is -3.75. The molecule has 1 heterocycles. The molecule has 0 aliphatic heterocycles. The van der Waals surface area contributed by atoms with Gasteiger partial charge in [-0.25, -0.2) is 8.42 Å². The van der Waals surface area contributed by atoms with Gasteiger partial charge in [-0.2, -0.15) is 4.98 Å². The number of rotatable bonds is 4. The molecule has 3 rings (SSSR count). The molecule has 22 heavy (non-hydrogen) atoms. The third-order valence-electron chi connectivity index (χ3n) is 3.18. The van der Waals surface area contributed by atoms with Crippen LogP contribution in [0, 0.1) is 0 Å². The van der Waals surface area contributed by atoms with Crippen LogP contribution < -0.4 is 5.73 Å². The molecule has 0 saturated heterocycles. The number of hydrogen-bond donors (Lipinski definition) is 1. The zero-order valence-corrected chi connectivity index (χ0v) is 12.5. The van der Waals surface area contributed by atoms with E-state index in [0.717, 1.165) is 0 Å². The number of sulfone groups is 1. The van der Waals surface area contributed by atoms with E-state index in [4.69, 9.17) is 10.2 Å². The summed E-state index contributed by atoms with van der Waals surface area (Å²) in [5.74, 6) is 0.401. The second-order valence-corrected chi connectivity index (χ2v) is 6.50. The first-order valence-electron chi connectivity index (χ1n) is 6.68. The van der Waals surface area contributed by atoms with Gasteiger partial charge >= 0.3 is 0 Å². The van der Waals surface area contributed by atoms with Crippen molar-refractivity contribution in [2.75, 3.05) is 0 Å². The van der Waals surface area contributed by atoms with Crippen molar-refractivity contribution >= 4 is 9.84 Å². The summed E-state index contributed by atoms with van der Waals surface area (Å²) in [6.07, 6.45) is 0. The van der Waals surface area contributed by atoms with E-state index in [-0.39, 0.29) is 28.1 Å². The van der Waals surface area contributed by atoms with Gasteiger partial charge in [0.2, 0.25) is 20.8 Å². The van der Waals surface area contributed by atoms with Crippen LogP contribution in [0.3, 0.4) is 0 Å². The van der Waals surface area contributed by atoms with Crippen LogP contribution in [0.4, 0.5) is 0 Å². The van der Waals surface area contributed by atoms with Gasteiger partial charge in [0.15, 0.2) is 5.76 Å². The standard InChI is InChI=1S/C16H14N2O3S/c17-11-14-16(22(19,20)13-9-5-2-6-10-13)18-15(21-14)12-7-3-1-4-8-12/h1-10H,11,17H2. The molecule has 2 aromatic carbocycles. The summed E-state index contributed by atoms with van der Waals surface area (Å²) in [5.41, 5.74) is 6.32. The molecule has 0 radical (unpaired) electrons. The SMILES string of the molecule is NCc1oc(-c2ccccc2)nc1S(=O)(=O)c1ccccc1. The lowest BCUT2D eigenvalue weighted by atomic mass is 10.2. The summed E-state index contributed by atoms with van der Waals surface area (Å²) in [6, 6.07) is 17.2. The van der Waals surface area contributed by atoms with Gasteiger partial charge in [-0.15, -0.1) is 0 Å². The second-order valence-electron chi connectivity index (χ2n) is 4.63. The Balaban J connectivity index is 2.14. The van der Waals surface area contributed by atoms with E-state index in [9.17, 15) is 8.42 Å². The molecular weight excluding hydrogens is 300 g/mol. The van der Waals surface area contributed by atoms with E-state index in [1.165, 1.54) is 12.1 Å². The molecule has 0 spiro atoms. The van der Waals surface area contributed by atoms with E-state index < -0.39 is 9.84 Å². The number of aromatic nitrogens is 1. The lowest BCUT2D eigenvalue weighted by Gasteiger charge is -2.01. The Labute approximate surface area is 128 Å². The van der Waals surface area contributed by atoms with Crippen molar-refractivity contribution in [2.24, 2.45) is 5.73 Å². The molecule has 0 saturated carbocycles. The quantitative estimate of drug-likeness (QED) is 0.800. The predicted octanol–water partition coefficient (Wildman–Crippen LogP) is 2.63. The third-order valence-corrected chi connectivity index (χ3v) is 4.90. The summed E-state index contributed by atoms with van der Waals surface area (Å²) in [7, 11) is -3.75. The molecule has 6 heteroatoms. The zero-order valence-electron chi connectivity index (χ0n) is 11.6. The first kappa shape index (κ1) is 14.5. The van der Waals surface area contributed by atoms with Gasteiger partial charge in [0.05, 0.1) is 11.4 Å². The average Bonchev–Trinajstić information content (AvgIpc) is 3.02. The van der Waals surface area contributed by atoms with Gasteiger partial charge in [-0.3, -0.25) is 0 Å². The molecule has 0 bridgehead atoms. The largest absolute Gasteiger partial charge is 0.438 e. The van der Waals surface area contributed by atoms with Crippen LogP contribution in [0.5, 0.6) is 0 Å². The Kier molecular flexibility index (Phi) is 3.79. The number of oxazole rings is 1. The molecule has 0 aliphatic carbocycles. The Morgan fingerprint density at radius 3 is 2.14 bits per heavy atom. The minimum absolute atomic E-state index is 0.0404. The first-order chi connectivity index (χ1) is 10.6.